The summed E-state index contributed by atoms with van der Waals surface area (Å²) in [5.41, 5.74) is 6.96. The van der Waals surface area contributed by atoms with Gasteiger partial charge in [0.15, 0.2) is 0 Å². The van der Waals surface area contributed by atoms with Crippen molar-refractivity contribution in [1.82, 2.24) is 10.3 Å². The Labute approximate surface area is 114 Å². The molecule has 0 saturated heterocycles. The van der Waals surface area contributed by atoms with E-state index in [1.807, 2.05) is 13.8 Å². The molecule has 1 unspecified atom stereocenters. The summed E-state index contributed by atoms with van der Waals surface area (Å²) in [6.45, 7) is 4.34. The van der Waals surface area contributed by atoms with Crippen molar-refractivity contribution in [3.8, 4) is 0 Å². The van der Waals surface area contributed by atoms with Crippen molar-refractivity contribution >= 4 is 30.7 Å². The van der Waals surface area contributed by atoms with Gasteiger partial charge in [0.05, 0.1) is 5.56 Å². The Morgan fingerprint density at radius 3 is 2.71 bits per heavy atom. The van der Waals surface area contributed by atoms with Gasteiger partial charge in [-0.05, 0) is 32.4 Å². The van der Waals surface area contributed by atoms with E-state index in [0.29, 0.717) is 12.1 Å². The molecule has 0 radical (unpaired) electrons. The topological polar surface area (TPSA) is 68.0 Å². The molecule has 98 valence electrons. The SMILES string of the molecule is Cc1ncccc1C(=O)NCCC(C)N.Cl.Cl. The molecule has 1 atom stereocenters. The maximum absolute atomic E-state index is 11.7. The molecule has 1 amide bonds. The summed E-state index contributed by atoms with van der Waals surface area (Å²) in [5, 5.41) is 2.81. The van der Waals surface area contributed by atoms with Crippen LogP contribution in [0.1, 0.15) is 29.4 Å². The van der Waals surface area contributed by atoms with Gasteiger partial charge >= 0.3 is 0 Å². The number of amides is 1. The van der Waals surface area contributed by atoms with Crippen LogP contribution in [0.15, 0.2) is 18.3 Å². The summed E-state index contributed by atoms with van der Waals surface area (Å²) in [5.74, 6) is -0.0822. The number of aromatic nitrogens is 1. The van der Waals surface area contributed by atoms with Crippen LogP contribution in [0, 0.1) is 6.92 Å². The van der Waals surface area contributed by atoms with Gasteiger partial charge in [-0.25, -0.2) is 0 Å². The van der Waals surface area contributed by atoms with Gasteiger partial charge in [-0.2, -0.15) is 0 Å². The molecule has 0 saturated carbocycles. The van der Waals surface area contributed by atoms with Gasteiger partial charge in [0.25, 0.3) is 5.91 Å². The molecule has 1 aromatic heterocycles. The molecule has 0 aliphatic carbocycles. The standard InChI is InChI=1S/C11H17N3O.2ClH/c1-8(12)5-7-14-11(15)10-4-3-6-13-9(10)2;;/h3-4,6,8H,5,7,12H2,1-2H3,(H,14,15);2*1H. The Kier molecular flexibility index (Phi) is 10.0. The molecule has 1 rings (SSSR count). The molecule has 1 heterocycles. The second-order valence-electron chi connectivity index (χ2n) is 3.66. The highest BCUT2D eigenvalue weighted by Gasteiger charge is 2.08. The van der Waals surface area contributed by atoms with Gasteiger partial charge in [0, 0.05) is 24.5 Å². The zero-order valence-electron chi connectivity index (χ0n) is 9.97. The van der Waals surface area contributed by atoms with Crippen molar-refractivity contribution in [3.63, 3.8) is 0 Å². The van der Waals surface area contributed by atoms with Crippen molar-refractivity contribution in [2.24, 2.45) is 5.73 Å². The highest BCUT2D eigenvalue weighted by molar-refractivity contribution is 5.95. The van der Waals surface area contributed by atoms with Crippen LogP contribution in [0.3, 0.4) is 0 Å². The van der Waals surface area contributed by atoms with Crippen molar-refractivity contribution < 1.29 is 4.79 Å². The first kappa shape index (κ1) is 18.5. The maximum Gasteiger partial charge on any atom is 0.253 e. The van der Waals surface area contributed by atoms with E-state index < -0.39 is 0 Å². The summed E-state index contributed by atoms with van der Waals surface area (Å²) < 4.78 is 0. The second kappa shape index (κ2) is 9.22. The summed E-state index contributed by atoms with van der Waals surface area (Å²) in [6, 6.07) is 3.64. The molecule has 6 heteroatoms. The highest BCUT2D eigenvalue weighted by atomic mass is 35.5. The number of nitrogens with zero attached hydrogens (tertiary/aromatic N) is 1. The normalized spacial score (nSPS) is 10.8. The summed E-state index contributed by atoms with van der Waals surface area (Å²) in [4.78, 5) is 15.7. The van der Waals surface area contributed by atoms with Gasteiger partial charge in [-0.1, -0.05) is 0 Å². The van der Waals surface area contributed by atoms with Crippen molar-refractivity contribution in [2.75, 3.05) is 6.54 Å². The smallest absolute Gasteiger partial charge is 0.253 e. The number of halogens is 2. The number of hydrogen-bond acceptors (Lipinski definition) is 3. The maximum atomic E-state index is 11.7. The van der Waals surface area contributed by atoms with Crippen LogP contribution in [-0.4, -0.2) is 23.5 Å². The average Bonchev–Trinajstić information content (AvgIpc) is 2.17. The molecule has 0 aliphatic heterocycles. The van der Waals surface area contributed by atoms with Crippen LogP contribution in [0.2, 0.25) is 0 Å². The average molecular weight is 280 g/mol. The van der Waals surface area contributed by atoms with E-state index in [9.17, 15) is 4.79 Å². The number of hydrogen-bond donors (Lipinski definition) is 2. The lowest BCUT2D eigenvalue weighted by Gasteiger charge is -2.08. The van der Waals surface area contributed by atoms with Crippen LogP contribution in [0.25, 0.3) is 0 Å². The lowest BCUT2D eigenvalue weighted by molar-refractivity contribution is 0.0952. The van der Waals surface area contributed by atoms with Crippen LogP contribution >= 0.6 is 24.8 Å². The minimum atomic E-state index is -0.0822. The number of rotatable bonds is 4. The Morgan fingerprint density at radius 1 is 1.53 bits per heavy atom. The fraction of sp³-hybridized carbons (Fsp3) is 0.455. The van der Waals surface area contributed by atoms with Crippen molar-refractivity contribution in [2.45, 2.75) is 26.3 Å². The molecule has 4 nitrogen and oxygen atoms in total. The summed E-state index contributed by atoms with van der Waals surface area (Å²) >= 11 is 0. The van der Waals surface area contributed by atoms with Crippen molar-refractivity contribution in [1.29, 1.82) is 0 Å². The Morgan fingerprint density at radius 2 is 2.18 bits per heavy atom. The lowest BCUT2D eigenvalue weighted by atomic mass is 10.2. The van der Waals surface area contributed by atoms with E-state index in [1.165, 1.54) is 0 Å². The number of carbonyl (C=O) groups is 1. The van der Waals surface area contributed by atoms with Gasteiger partial charge in [0.2, 0.25) is 0 Å². The molecule has 0 aliphatic rings. The van der Waals surface area contributed by atoms with Crippen LogP contribution in [0.4, 0.5) is 0 Å². The molecule has 0 spiro atoms. The van der Waals surface area contributed by atoms with Gasteiger partial charge in [-0.3, -0.25) is 9.78 Å². The largest absolute Gasteiger partial charge is 0.352 e. The number of nitrogens with two attached hydrogens (primary N) is 1. The van der Waals surface area contributed by atoms with Crippen molar-refractivity contribution in [3.05, 3.63) is 29.6 Å². The van der Waals surface area contributed by atoms with Crippen LogP contribution in [0.5, 0.6) is 0 Å². The minimum Gasteiger partial charge on any atom is -0.352 e. The minimum absolute atomic E-state index is 0. The lowest BCUT2D eigenvalue weighted by Crippen LogP contribution is -2.29. The fourth-order valence-corrected chi connectivity index (χ4v) is 1.23. The van der Waals surface area contributed by atoms with E-state index in [0.717, 1.165) is 12.1 Å². The van der Waals surface area contributed by atoms with Gasteiger partial charge < -0.3 is 11.1 Å². The summed E-state index contributed by atoms with van der Waals surface area (Å²) in [6.07, 6.45) is 2.46. The number of pyridine rings is 1. The van der Waals surface area contributed by atoms with E-state index in [2.05, 4.69) is 10.3 Å². The molecule has 1 aromatic rings. The van der Waals surface area contributed by atoms with E-state index in [1.54, 1.807) is 18.3 Å². The Bertz CT molecular complexity index is 345. The number of aryl methyl sites for hydroxylation is 1. The van der Waals surface area contributed by atoms with Crippen LogP contribution < -0.4 is 11.1 Å². The van der Waals surface area contributed by atoms with Gasteiger partial charge in [-0.15, -0.1) is 24.8 Å². The third kappa shape index (κ3) is 6.46. The molecule has 0 fully saturated rings. The third-order valence-corrected chi connectivity index (χ3v) is 2.14. The first-order valence-corrected chi connectivity index (χ1v) is 5.06. The zero-order chi connectivity index (χ0) is 11.3. The highest BCUT2D eigenvalue weighted by Crippen LogP contribution is 2.02. The number of nitrogens with one attached hydrogen (secondary N) is 1. The predicted molar refractivity (Wildman–Crippen MR) is 74.1 cm³/mol. The summed E-state index contributed by atoms with van der Waals surface area (Å²) in [7, 11) is 0. The molecule has 17 heavy (non-hydrogen) atoms. The number of carbonyl (C=O) groups excluding carboxylic acids is 1. The Balaban J connectivity index is 0. The zero-order valence-corrected chi connectivity index (χ0v) is 11.6. The molecular weight excluding hydrogens is 261 g/mol. The first-order valence-electron chi connectivity index (χ1n) is 5.06. The van der Waals surface area contributed by atoms with E-state index in [4.69, 9.17) is 5.73 Å². The van der Waals surface area contributed by atoms with Gasteiger partial charge in [0.1, 0.15) is 0 Å². The first-order chi connectivity index (χ1) is 7.11. The van der Waals surface area contributed by atoms with E-state index in [-0.39, 0.29) is 36.8 Å². The Hall–Kier alpha value is -0.840. The predicted octanol–water partition coefficient (Wildman–Crippen LogP) is 1.70. The fourth-order valence-electron chi connectivity index (χ4n) is 1.23. The molecular formula is C11H19Cl2N3O. The molecule has 0 bridgehead atoms. The van der Waals surface area contributed by atoms with E-state index >= 15 is 0 Å². The molecule has 3 N–H and O–H groups in total. The monoisotopic (exact) mass is 279 g/mol. The van der Waals surface area contributed by atoms with Crippen LogP contribution in [-0.2, 0) is 0 Å². The quantitative estimate of drug-likeness (QED) is 0.882. The second-order valence-corrected chi connectivity index (χ2v) is 3.66. The third-order valence-electron chi connectivity index (χ3n) is 2.14. The molecule has 0 aromatic carbocycles.